The first-order valence-corrected chi connectivity index (χ1v) is 7.68. The molecule has 1 rings (SSSR count). The van der Waals surface area contributed by atoms with Crippen molar-refractivity contribution in [1.82, 2.24) is 0 Å². The molecule has 0 heterocycles. The molecule has 0 aromatic rings. The molecule has 2 nitrogen and oxygen atoms in total. The lowest BCUT2D eigenvalue weighted by Gasteiger charge is -2.26. The number of ether oxygens (including phenoxy) is 1. The second-order valence-corrected chi connectivity index (χ2v) is 5.45. The van der Waals surface area contributed by atoms with Crippen molar-refractivity contribution in [2.45, 2.75) is 69.9 Å². The van der Waals surface area contributed by atoms with Crippen LogP contribution in [0.5, 0.6) is 0 Å². The lowest BCUT2D eigenvalue weighted by molar-refractivity contribution is -0.00441. The summed E-state index contributed by atoms with van der Waals surface area (Å²) in [5, 5.41) is 0. The molecule has 0 radical (unpaired) electrons. The average molecular weight is 287 g/mol. The van der Waals surface area contributed by atoms with E-state index in [1.807, 2.05) is 24.3 Å². The molecule has 116 valence electrons. The summed E-state index contributed by atoms with van der Waals surface area (Å²) in [6.07, 6.45) is 13.5. The van der Waals surface area contributed by atoms with Gasteiger partial charge in [-0.25, -0.2) is 8.78 Å². The fraction of sp³-hybridized carbons (Fsp3) is 0.750. The van der Waals surface area contributed by atoms with Crippen molar-refractivity contribution in [3.05, 3.63) is 24.3 Å². The van der Waals surface area contributed by atoms with E-state index in [2.05, 4.69) is 0 Å². The number of unbranched alkanes of at least 4 members (excludes halogenated alkanes) is 6. The summed E-state index contributed by atoms with van der Waals surface area (Å²) < 4.78 is 29.5. The number of hydrogen-bond donors (Lipinski definition) is 1. The van der Waals surface area contributed by atoms with Gasteiger partial charge in [-0.05, 0) is 18.9 Å². The third kappa shape index (κ3) is 8.43. The van der Waals surface area contributed by atoms with Gasteiger partial charge in [-0.2, -0.15) is 0 Å². The summed E-state index contributed by atoms with van der Waals surface area (Å²) in [4.78, 5) is 0. The first-order chi connectivity index (χ1) is 9.62. The minimum atomic E-state index is -2.14. The molecule has 0 amide bonds. The number of allylic oxidation sites excluding steroid dienone is 2. The van der Waals surface area contributed by atoms with Crippen molar-refractivity contribution in [3.8, 4) is 0 Å². The van der Waals surface area contributed by atoms with Gasteiger partial charge in [0.05, 0.1) is 0 Å². The fourth-order valence-corrected chi connectivity index (χ4v) is 2.27. The van der Waals surface area contributed by atoms with Crippen molar-refractivity contribution < 1.29 is 13.5 Å². The summed E-state index contributed by atoms with van der Waals surface area (Å²) in [7, 11) is 0. The van der Waals surface area contributed by atoms with E-state index in [0.717, 1.165) is 44.9 Å². The number of halogens is 2. The first kappa shape index (κ1) is 17.3. The van der Waals surface area contributed by atoms with Gasteiger partial charge in [-0.3, -0.25) is 5.73 Å². The molecule has 1 aliphatic rings. The molecular weight excluding hydrogens is 260 g/mol. The third-order valence-corrected chi connectivity index (χ3v) is 3.50. The van der Waals surface area contributed by atoms with E-state index < -0.39 is 12.2 Å². The van der Waals surface area contributed by atoms with Crippen LogP contribution in [0.3, 0.4) is 0 Å². The zero-order chi connectivity index (χ0) is 14.7. The highest BCUT2D eigenvalue weighted by atomic mass is 19.3. The largest absolute Gasteiger partial charge is 0.357 e. The van der Waals surface area contributed by atoms with Crippen LogP contribution in [0, 0.1) is 0 Å². The van der Waals surface area contributed by atoms with Gasteiger partial charge in [0, 0.05) is 19.4 Å². The maximum Gasteiger partial charge on any atom is 0.238 e. The topological polar surface area (TPSA) is 35.2 Å². The van der Waals surface area contributed by atoms with Gasteiger partial charge >= 0.3 is 0 Å². The van der Waals surface area contributed by atoms with Crippen molar-refractivity contribution in [2.24, 2.45) is 5.73 Å². The zero-order valence-corrected chi connectivity index (χ0v) is 12.2. The molecule has 0 bridgehead atoms. The van der Waals surface area contributed by atoms with Gasteiger partial charge in [0.15, 0.2) is 0 Å². The van der Waals surface area contributed by atoms with Crippen LogP contribution < -0.4 is 5.73 Å². The van der Waals surface area contributed by atoms with Gasteiger partial charge in [0.25, 0.3) is 0 Å². The molecule has 0 fully saturated rings. The molecule has 0 saturated carbocycles. The molecule has 0 saturated heterocycles. The summed E-state index contributed by atoms with van der Waals surface area (Å²) in [6, 6.07) is 0. The van der Waals surface area contributed by atoms with E-state index in [1.54, 1.807) is 0 Å². The Bertz CT molecular complexity index is 305. The van der Waals surface area contributed by atoms with E-state index >= 15 is 0 Å². The van der Waals surface area contributed by atoms with E-state index in [1.165, 1.54) is 0 Å². The third-order valence-electron chi connectivity index (χ3n) is 3.50. The fourth-order valence-electron chi connectivity index (χ4n) is 2.27. The second-order valence-electron chi connectivity index (χ2n) is 5.45. The molecule has 0 aromatic carbocycles. The van der Waals surface area contributed by atoms with E-state index in [0.29, 0.717) is 13.0 Å². The standard InChI is InChI=1S/C16H27F2NO/c17-15(18)11-7-4-2-1-3-5-10-14-20-16(19)12-8-6-9-13-16/h6,8-9,12,15H,1-5,7,10-11,13-14,19H2. The Balaban J connectivity index is 1.85. The predicted octanol–water partition coefficient (Wildman–Crippen LogP) is 4.56. The molecule has 1 atom stereocenters. The summed E-state index contributed by atoms with van der Waals surface area (Å²) in [5.74, 6) is 0. The molecule has 0 aromatic heterocycles. The van der Waals surface area contributed by atoms with Crippen LogP contribution in [0.25, 0.3) is 0 Å². The Hall–Kier alpha value is -0.740. The van der Waals surface area contributed by atoms with Crippen LogP contribution in [-0.2, 0) is 4.74 Å². The first-order valence-electron chi connectivity index (χ1n) is 7.68. The lowest BCUT2D eigenvalue weighted by Crippen LogP contribution is -2.41. The Labute approximate surface area is 121 Å². The van der Waals surface area contributed by atoms with Gasteiger partial charge in [-0.15, -0.1) is 0 Å². The Morgan fingerprint density at radius 2 is 1.65 bits per heavy atom. The van der Waals surface area contributed by atoms with Gasteiger partial charge in [-0.1, -0.05) is 50.3 Å². The predicted molar refractivity (Wildman–Crippen MR) is 78.7 cm³/mol. The van der Waals surface area contributed by atoms with E-state index in [-0.39, 0.29) is 6.42 Å². The van der Waals surface area contributed by atoms with Crippen LogP contribution in [0.1, 0.15) is 57.8 Å². The molecule has 1 unspecified atom stereocenters. The minimum Gasteiger partial charge on any atom is -0.357 e. The second kappa shape index (κ2) is 10.1. The molecule has 1 aliphatic carbocycles. The summed E-state index contributed by atoms with van der Waals surface area (Å²) in [6.45, 7) is 0.681. The number of alkyl halides is 2. The molecular formula is C16H27F2NO. The van der Waals surface area contributed by atoms with Crippen LogP contribution in [0.4, 0.5) is 8.78 Å². The van der Waals surface area contributed by atoms with Crippen molar-refractivity contribution >= 4 is 0 Å². The minimum absolute atomic E-state index is 0.0500. The summed E-state index contributed by atoms with van der Waals surface area (Å²) >= 11 is 0. The zero-order valence-electron chi connectivity index (χ0n) is 12.2. The SMILES string of the molecule is NC1(OCCCCCCCCCC(F)F)C=CC=CC1. The Morgan fingerprint density at radius 3 is 2.25 bits per heavy atom. The highest BCUT2D eigenvalue weighted by Gasteiger charge is 2.21. The van der Waals surface area contributed by atoms with Crippen LogP contribution in [-0.4, -0.2) is 18.8 Å². The Morgan fingerprint density at radius 1 is 1.00 bits per heavy atom. The van der Waals surface area contributed by atoms with Gasteiger partial charge in [0.2, 0.25) is 6.43 Å². The molecule has 20 heavy (non-hydrogen) atoms. The number of rotatable bonds is 11. The number of nitrogens with two attached hydrogens (primary N) is 1. The van der Waals surface area contributed by atoms with Crippen LogP contribution >= 0.6 is 0 Å². The smallest absolute Gasteiger partial charge is 0.238 e. The molecule has 4 heteroatoms. The van der Waals surface area contributed by atoms with Crippen molar-refractivity contribution in [2.75, 3.05) is 6.61 Å². The van der Waals surface area contributed by atoms with Crippen molar-refractivity contribution in [3.63, 3.8) is 0 Å². The lowest BCUT2D eigenvalue weighted by atomic mass is 10.1. The molecule has 2 N–H and O–H groups in total. The quantitative estimate of drug-likeness (QED) is 0.446. The average Bonchev–Trinajstić information content (AvgIpc) is 2.41. The van der Waals surface area contributed by atoms with Gasteiger partial charge in [0.1, 0.15) is 5.72 Å². The normalized spacial score (nSPS) is 21.8. The Kier molecular flexibility index (Phi) is 8.70. The highest BCUT2D eigenvalue weighted by molar-refractivity contribution is 5.16. The molecule has 0 aliphatic heterocycles. The van der Waals surface area contributed by atoms with E-state index in [9.17, 15) is 8.78 Å². The highest BCUT2D eigenvalue weighted by Crippen LogP contribution is 2.17. The maximum atomic E-state index is 11.9. The van der Waals surface area contributed by atoms with Crippen molar-refractivity contribution in [1.29, 1.82) is 0 Å². The maximum absolute atomic E-state index is 11.9. The van der Waals surface area contributed by atoms with E-state index in [4.69, 9.17) is 10.5 Å². The molecule has 0 spiro atoms. The number of hydrogen-bond acceptors (Lipinski definition) is 2. The van der Waals surface area contributed by atoms with Crippen LogP contribution in [0.2, 0.25) is 0 Å². The summed E-state index contributed by atoms with van der Waals surface area (Å²) in [5.41, 5.74) is 5.44. The van der Waals surface area contributed by atoms with Gasteiger partial charge < -0.3 is 4.74 Å². The van der Waals surface area contributed by atoms with Crippen LogP contribution in [0.15, 0.2) is 24.3 Å². The monoisotopic (exact) mass is 287 g/mol.